The smallest absolute Gasteiger partial charge is 0.231 e. The van der Waals surface area contributed by atoms with Crippen molar-refractivity contribution in [1.29, 1.82) is 0 Å². The number of carbonyl (C=O) groups excluding carboxylic acids is 1. The van der Waals surface area contributed by atoms with Crippen LogP contribution >= 0.6 is 0 Å². The average Bonchev–Trinajstić information content (AvgIpc) is 2.46. The van der Waals surface area contributed by atoms with Gasteiger partial charge in [0.25, 0.3) is 0 Å². The molecule has 0 fully saturated rings. The molecule has 21 heavy (non-hydrogen) atoms. The van der Waals surface area contributed by atoms with Gasteiger partial charge in [-0.25, -0.2) is 8.78 Å². The van der Waals surface area contributed by atoms with Crippen molar-refractivity contribution in [3.05, 3.63) is 65.2 Å². The van der Waals surface area contributed by atoms with Gasteiger partial charge in [0.1, 0.15) is 0 Å². The van der Waals surface area contributed by atoms with E-state index >= 15 is 0 Å². The summed E-state index contributed by atoms with van der Waals surface area (Å²) in [4.78, 5) is 13.9. The molecule has 110 valence electrons. The van der Waals surface area contributed by atoms with Crippen LogP contribution in [0.25, 0.3) is 0 Å². The number of carbonyl (C=O) groups is 1. The Morgan fingerprint density at radius 2 is 1.81 bits per heavy atom. The Morgan fingerprint density at radius 1 is 1.10 bits per heavy atom. The predicted molar refractivity (Wildman–Crippen MR) is 79.3 cm³/mol. The van der Waals surface area contributed by atoms with E-state index in [1.807, 2.05) is 31.2 Å². The summed E-state index contributed by atoms with van der Waals surface area (Å²) in [5.41, 5.74) is 2.34. The van der Waals surface area contributed by atoms with Gasteiger partial charge in [-0.15, -0.1) is 0 Å². The highest BCUT2D eigenvalue weighted by atomic mass is 19.2. The van der Waals surface area contributed by atoms with Gasteiger partial charge in [-0.2, -0.15) is 0 Å². The first-order valence-electron chi connectivity index (χ1n) is 6.83. The molecule has 2 aromatic carbocycles. The fraction of sp³-hybridized carbons (Fsp3) is 0.235. The molecule has 0 aliphatic heterocycles. The Balaban J connectivity index is 2.22. The minimum atomic E-state index is -0.949. The molecule has 0 saturated carbocycles. The summed E-state index contributed by atoms with van der Waals surface area (Å²) in [7, 11) is 0. The fourth-order valence-electron chi connectivity index (χ4n) is 2.22. The van der Waals surface area contributed by atoms with E-state index in [1.165, 1.54) is 11.0 Å². The van der Waals surface area contributed by atoms with Crippen LogP contribution in [-0.2, 0) is 11.2 Å². The van der Waals surface area contributed by atoms with Crippen LogP contribution in [0.2, 0.25) is 0 Å². The van der Waals surface area contributed by atoms with E-state index in [4.69, 9.17) is 0 Å². The summed E-state index contributed by atoms with van der Waals surface area (Å²) in [6.07, 6.45) is 0.236. The Morgan fingerprint density at radius 3 is 2.43 bits per heavy atom. The third kappa shape index (κ3) is 3.45. The number of anilines is 1. The lowest BCUT2D eigenvalue weighted by atomic mass is 10.1. The molecule has 0 heterocycles. The number of hydrogen-bond acceptors (Lipinski definition) is 1. The van der Waals surface area contributed by atoms with Crippen LogP contribution in [0.5, 0.6) is 0 Å². The molecule has 4 heteroatoms. The van der Waals surface area contributed by atoms with Gasteiger partial charge in [0.05, 0.1) is 6.42 Å². The average molecular weight is 289 g/mol. The summed E-state index contributed by atoms with van der Waals surface area (Å²) < 4.78 is 26.3. The molecule has 0 aliphatic rings. The van der Waals surface area contributed by atoms with Crippen molar-refractivity contribution in [3.63, 3.8) is 0 Å². The van der Waals surface area contributed by atoms with Crippen LogP contribution < -0.4 is 4.90 Å². The van der Waals surface area contributed by atoms with Crippen molar-refractivity contribution in [1.82, 2.24) is 0 Å². The van der Waals surface area contributed by atoms with E-state index < -0.39 is 11.6 Å². The predicted octanol–water partition coefficient (Wildman–Crippen LogP) is 3.87. The van der Waals surface area contributed by atoms with Crippen LogP contribution in [-0.4, -0.2) is 12.5 Å². The third-order valence-electron chi connectivity index (χ3n) is 3.44. The number of hydrogen-bond donors (Lipinski definition) is 0. The number of rotatable bonds is 4. The standard InChI is InChI=1S/C17H17F2NO/c1-3-20(14-8-9-15(18)16(19)11-14)17(21)10-13-7-5-4-6-12(13)2/h4-9,11H,3,10H2,1-2H3. The number of nitrogens with zero attached hydrogens (tertiary/aromatic N) is 1. The summed E-state index contributed by atoms with van der Waals surface area (Å²) in [5.74, 6) is -2.01. The van der Waals surface area contributed by atoms with Crippen molar-refractivity contribution in [3.8, 4) is 0 Å². The molecule has 0 N–H and O–H groups in total. The molecule has 0 atom stereocenters. The maximum atomic E-state index is 13.3. The lowest BCUT2D eigenvalue weighted by Gasteiger charge is -2.21. The lowest BCUT2D eigenvalue weighted by Crippen LogP contribution is -2.32. The zero-order chi connectivity index (χ0) is 15.4. The zero-order valence-electron chi connectivity index (χ0n) is 12.1. The first-order valence-corrected chi connectivity index (χ1v) is 6.83. The molecule has 2 rings (SSSR count). The van der Waals surface area contributed by atoms with Gasteiger partial charge in [0.15, 0.2) is 11.6 Å². The van der Waals surface area contributed by atoms with Gasteiger partial charge in [-0.3, -0.25) is 4.79 Å². The highest BCUT2D eigenvalue weighted by Gasteiger charge is 2.16. The van der Waals surface area contributed by atoms with Crippen LogP contribution in [0.1, 0.15) is 18.1 Å². The Bertz CT molecular complexity index is 655. The Hall–Kier alpha value is -2.23. The molecule has 2 nitrogen and oxygen atoms in total. The van der Waals surface area contributed by atoms with Crippen molar-refractivity contribution in [2.45, 2.75) is 20.3 Å². The Labute approximate surface area is 123 Å². The maximum Gasteiger partial charge on any atom is 0.231 e. The van der Waals surface area contributed by atoms with Crippen LogP contribution in [0, 0.1) is 18.6 Å². The number of halogens is 2. The molecule has 0 aliphatic carbocycles. The van der Waals surface area contributed by atoms with Gasteiger partial charge in [-0.05, 0) is 37.1 Å². The number of aryl methyl sites for hydroxylation is 1. The second kappa shape index (κ2) is 6.48. The Kier molecular flexibility index (Phi) is 4.68. The quantitative estimate of drug-likeness (QED) is 0.836. The molecule has 0 saturated heterocycles. The van der Waals surface area contributed by atoms with Crippen LogP contribution in [0.15, 0.2) is 42.5 Å². The summed E-state index contributed by atoms with van der Waals surface area (Å²) in [6, 6.07) is 11.1. The van der Waals surface area contributed by atoms with Gasteiger partial charge >= 0.3 is 0 Å². The molecule has 0 spiro atoms. The second-order valence-electron chi connectivity index (χ2n) is 4.84. The first-order chi connectivity index (χ1) is 10.0. The highest BCUT2D eigenvalue weighted by molar-refractivity contribution is 5.94. The van der Waals surface area contributed by atoms with Crippen LogP contribution in [0.3, 0.4) is 0 Å². The summed E-state index contributed by atoms with van der Waals surface area (Å²) in [6.45, 7) is 4.14. The maximum absolute atomic E-state index is 13.3. The topological polar surface area (TPSA) is 20.3 Å². The zero-order valence-corrected chi connectivity index (χ0v) is 12.1. The summed E-state index contributed by atoms with van der Waals surface area (Å²) >= 11 is 0. The van der Waals surface area contributed by atoms with E-state index in [0.29, 0.717) is 12.2 Å². The van der Waals surface area contributed by atoms with Gasteiger partial charge < -0.3 is 4.90 Å². The van der Waals surface area contributed by atoms with Gasteiger partial charge in [0, 0.05) is 18.3 Å². The van der Waals surface area contributed by atoms with E-state index in [-0.39, 0.29) is 12.3 Å². The molecule has 0 aromatic heterocycles. The molecule has 0 bridgehead atoms. The molecule has 0 unspecified atom stereocenters. The molecular weight excluding hydrogens is 272 g/mol. The van der Waals surface area contributed by atoms with E-state index in [0.717, 1.165) is 23.3 Å². The van der Waals surface area contributed by atoms with Gasteiger partial charge in [0.2, 0.25) is 5.91 Å². The monoisotopic (exact) mass is 289 g/mol. The van der Waals surface area contributed by atoms with Crippen LogP contribution in [0.4, 0.5) is 14.5 Å². The number of benzene rings is 2. The van der Waals surface area contributed by atoms with Crippen molar-refractivity contribution in [2.24, 2.45) is 0 Å². The number of likely N-dealkylation sites (N-methyl/N-ethyl adjacent to an activating group) is 1. The van der Waals surface area contributed by atoms with E-state index in [2.05, 4.69) is 0 Å². The van der Waals surface area contributed by atoms with E-state index in [1.54, 1.807) is 6.92 Å². The third-order valence-corrected chi connectivity index (χ3v) is 3.44. The highest BCUT2D eigenvalue weighted by Crippen LogP contribution is 2.19. The fourth-order valence-corrected chi connectivity index (χ4v) is 2.22. The minimum absolute atomic E-state index is 0.141. The lowest BCUT2D eigenvalue weighted by molar-refractivity contribution is -0.117. The first kappa shape index (κ1) is 15.2. The molecular formula is C17H17F2NO. The van der Waals surface area contributed by atoms with Crippen molar-refractivity contribution in [2.75, 3.05) is 11.4 Å². The SMILES string of the molecule is CCN(C(=O)Cc1ccccc1C)c1ccc(F)c(F)c1. The van der Waals surface area contributed by atoms with E-state index in [9.17, 15) is 13.6 Å². The van der Waals surface area contributed by atoms with Gasteiger partial charge in [-0.1, -0.05) is 24.3 Å². The van der Waals surface area contributed by atoms with Crippen molar-refractivity contribution >= 4 is 11.6 Å². The van der Waals surface area contributed by atoms with Crippen molar-refractivity contribution < 1.29 is 13.6 Å². The normalized spacial score (nSPS) is 10.5. The molecule has 1 amide bonds. The number of amides is 1. The minimum Gasteiger partial charge on any atom is -0.312 e. The summed E-state index contributed by atoms with van der Waals surface area (Å²) in [5, 5.41) is 0. The molecule has 0 radical (unpaired) electrons. The molecule has 2 aromatic rings. The largest absolute Gasteiger partial charge is 0.312 e. The second-order valence-corrected chi connectivity index (χ2v) is 4.84.